The monoisotopic (exact) mass is 297 g/mol. The molecule has 0 saturated carbocycles. The van der Waals surface area contributed by atoms with Crippen LogP contribution in [0, 0.1) is 0 Å². The van der Waals surface area contributed by atoms with Crippen molar-refractivity contribution in [3.05, 3.63) is 0 Å². The molecule has 2 saturated heterocycles. The zero-order valence-electron chi connectivity index (χ0n) is 14.7. The number of nitrogens with one attached hydrogen (secondary N) is 1. The molecular formula is C17H35N3O. The van der Waals surface area contributed by atoms with Crippen LogP contribution in [0.2, 0.25) is 0 Å². The molecule has 2 aliphatic heterocycles. The topological polar surface area (TPSA) is 27.7 Å². The third kappa shape index (κ3) is 5.85. The van der Waals surface area contributed by atoms with E-state index in [9.17, 15) is 0 Å². The minimum Gasteiger partial charge on any atom is -0.372 e. The van der Waals surface area contributed by atoms with Crippen molar-refractivity contribution in [1.82, 2.24) is 15.1 Å². The maximum Gasteiger partial charge on any atom is 0.0707 e. The fourth-order valence-corrected chi connectivity index (χ4v) is 3.45. The summed E-state index contributed by atoms with van der Waals surface area (Å²) in [5.41, 5.74) is 0.185. The van der Waals surface area contributed by atoms with Crippen molar-refractivity contribution in [2.24, 2.45) is 0 Å². The zero-order chi connectivity index (χ0) is 15.5. The third-order valence-electron chi connectivity index (χ3n) is 4.77. The SMILES string of the molecule is CN1CCCC(N(C)CC2CCC(CNC(C)(C)C)O2)C1. The van der Waals surface area contributed by atoms with E-state index < -0.39 is 0 Å². The Labute approximate surface area is 131 Å². The molecule has 0 amide bonds. The maximum atomic E-state index is 6.23. The van der Waals surface area contributed by atoms with Crippen LogP contribution in [-0.4, -0.2) is 73.9 Å². The number of ether oxygens (including phenoxy) is 1. The van der Waals surface area contributed by atoms with E-state index in [0.717, 1.165) is 13.1 Å². The standard InChI is InChI=1S/C17H35N3O/c1-17(2,3)18-11-15-8-9-16(21-15)13-20(5)14-7-6-10-19(4)12-14/h14-16,18H,6-13H2,1-5H3. The van der Waals surface area contributed by atoms with Crippen LogP contribution in [0.15, 0.2) is 0 Å². The van der Waals surface area contributed by atoms with E-state index in [4.69, 9.17) is 4.74 Å². The Morgan fingerprint density at radius 2 is 1.90 bits per heavy atom. The van der Waals surface area contributed by atoms with Gasteiger partial charge in [0.1, 0.15) is 0 Å². The van der Waals surface area contributed by atoms with E-state index >= 15 is 0 Å². The highest BCUT2D eigenvalue weighted by molar-refractivity contribution is 4.83. The van der Waals surface area contributed by atoms with Gasteiger partial charge in [0, 0.05) is 31.2 Å². The van der Waals surface area contributed by atoms with Crippen LogP contribution in [0.4, 0.5) is 0 Å². The molecule has 2 rings (SSSR count). The number of likely N-dealkylation sites (N-methyl/N-ethyl adjacent to an activating group) is 2. The number of rotatable bonds is 5. The van der Waals surface area contributed by atoms with Gasteiger partial charge in [-0.1, -0.05) is 0 Å². The van der Waals surface area contributed by atoms with E-state index in [-0.39, 0.29) is 5.54 Å². The minimum atomic E-state index is 0.185. The van der Waals surface area contributed by atoms with Gasteiger partial charge in [-0.3, -0.25) is 4.90 Å². The van der Waals surface area contributed by atoms with Gasteiger partial charge >= 0.3 is 0 Å². The molecule has 0 aliphatic carbocycles. The summed E-state index contributed by atoms with van der Waals surface area (Å²) in [5, 5.41) is 3.56. The van der Waals surface area contributed by atoms with E-state index in [1.165, 1.54) is 38.8 Å². The quantitative estimate of drug-likeness (QED) is 0.839. The highest BCUT2D eigenvalue weighted by Crippen LogP contribution is 2.22. The Morgan fingerprint density at radius 1 is 1.19 bits per heavy atom. The van der Waals surface area contributed by atoms with Crippen LogP contribution in [0.1, 0.15) is 46.5 Å². The van der Waals surface area contributed by atoms with E-state index in [1.807, 2.05) is 0 Å². The first-order valence-corrected chi connectivity index (χ1v) is 8.63. The van der Waals surface area contributed by atoms with Crippen molar-refractivity contribution in [1.29, 1.82) is 0 Å². The summed E-state index contributed by atoms with van der Waals surface area (Å²) in [6, 6.07) is 0.708. The number of likely N-dealkylation sites (tertiary alicyclic amines) is 1. The lowest BCUT2D eigenvalue weighted by Gasteiger charge is -2.36. The summed E-state index contributed by atoms with van der Waals surface area (Å²) in [7, 11) is 4.51. The lowest BCUT2D eigenvalue weighted by molar-refractivity contribution is 0.0112. The van der Waals surface area contributed by atoms with Gasteiger partial charge in [0.25, 0.3) is 0 Å². The highest BCUT2D eigenvalue weighted by atomic mass is 16.5. The average molecular weight is 297 g/mol. The fourth-order valence-electron chi connectivity index (χ4n) is 3.45. The van der Waals surface area contributed by atoms with Crippen molar-refractivity contribution >= 4 is 0 Å². The first kappa shape index (κ1) is 17.2. The van der Waals surface area contributed by atoms with Crippen molar-refractivity contribution in [3.8, 4) is 0 Å². The molecule has 0 aromatic carbocycles. The summed E-state index contributed by atoms with van der Waals surface area (Å²) < 4.78 is 6.23. The van der Waals surface area contributed by atoms with Gasteiger partial charge in [0.05, 0.1) is 12.2 Å². The van der Waals surface area contributed by atoms with E-state index in [0.29, 0.717) is 18.2 Å². The van der Waals surface area contributed by atoms with Crippen molar-refractivity contribution < 1.29 is 4.74 Å². The smallest absolute Gasteiger partial charge is 0.0707 e. The van der Waals surface area contributed by atoms with Crippen molar-refractivity contribution in [2.75, 3.05) is 40.3 Å². The molecule has 0 bridgehead atoms. The Kier molecular flexibility index (Phi) is 6.06. The van der Waals surface area contributed by atoms with Gasteiger partial charge in [0.15, 0.2) is 0 Å². The van der Waals surface area contributed by atoms with E-state index in [2.05, 4.69) is 50.0 Å². The number of hydrogen-bond acceptors (Lipinski definition) is 4. The predicted octanol–water partition coefficient (Wildman–Crippen LogP) is 1.95. The number of nitrogens with zero attached hydrogens (tertiary/aromatic N) is 2. The lowest BCUT2D eigenvalue weighted by Crippen LogP contribution is -2.47. The lowest BCUT2D eigenvalue weighted by atomic mass is 10.0. The second kappa shape index (κ2) is 7.40. The molecule has 2 aliphatic rings. The maximum absolute atomic E-state index is 6.23. The molecule has 0 aromatic heterocycles. The Hall–Kier alpha value is -0.160. The van der Waals surface area contributed by atoms with Crippen molar-refractivity contribution in [3.63, 3.8) is 0 Å². The van der Waals surface area contributed by atoms with Crippen LogP contribution in [0.25, 0.3) is 0 Å². The zero-order valence-corrected chi connectivity index (χ0v) is 14.7. The Morgan fingerprint density at radius 3 is 2.57 bits per heavy atom. The molecule has 124 valence electrons. The molecule has 2 fully saturated rings. The molecule has 21 heavy (non-hydrogen) atoms. The summed E-state index contributed by atoms with van der Waals surface area (Å²) in [6.45, 7) is 11.2. The van der Waals surface area contributed by atoms with Gasteiger partial charge in [-0.2, -0.15) is 0 Å². The molecule has 1 N–H and O–H groups in total. The normalized spacial score (nSPS) is 32.0. The van der Waals surface area contributed by atoms with Gasteiger partial charge in [0.2, 0.25) is 0 Å². The largest absolute Gasteiger partial charge is 0.372 e. The summed E-state index contributed by atoms with van der Waals surface area (Å²) in [5.74, 6) is 0. The molecule has 3 atom stereocenters. The molecule has 0 radical (unpaired) electrons. The van der Waals surface area contributed by atoms with Crippen molar-refractivity contribution in [2.45, 2.75) is 70.2 Å². The molecule has 3 unspecified atom stereocenters. The van der Waals surface area contributed by atoms with Gasteiger partial charge in [-0.25, -0.2) is 0 Å². The molecule has 2 heterocycles. The van der Waals surface area contributed by atoms with Crippen LogP contribution in [0.5, 0.6) is 0 Å². The van der Waals surface area contributed by atoms with Gasteiger partial charge in [-0.15, -0.1) is 0 Å². The molecular weight excluding hydrogens is 262 g/mol. The number of hydrogen-bond donors (Lipinski definition) is 1. The van der Waals surface area contributed by atoms with Crippen LogP contribution < -0.4 is 5.32 Å². The second-order valence-electron chi connectivity index (χ2n) is 8.09. The fraction of sp³-hybridized carbons (Fsp3) is 1.00. The first-order chi connectivity index (χ1) is 9.83. The molecule has 4 nitrogen and oxygen atoms in total. The Bertz CT molecular complexity index is 316. The van der Waals surface area contributed by atoms with Gasteiger partial charge < -0.3 is 15.0 Å². The number of piperidine rings is 1. The average Bonchev–Trinajstić information content (AvgIpc) is 2.83. The third-order valence-corrected chi connectivity index (χ3v) is 4.77. The second-order valence-corrected chi connectivity index (χ2v) is 8.09. The van der Waals surface area contributed by atoms with Gasteiger partial charge in [-0.05, 0) is 67.1 Å². The first-order valence-electron chi connectivity index (χ1n) is 8.63. The molecule has 4 heteroatoms. The van der Waals surface area contributed by atoms with Crippen LogP contribution in [0.3, 0.4) is 0 Å². The van der Waals surface area contributed by atoms with Crippen LogP contribution >= 0.6 is 0 Å². The minimum absolute atomic E-state index is 0.185. The molecule has 0 spiro atoms. The predicted molar refractivity (Wildman–Crippen MR) is 88.8 cm³/mol. The van der Waals surface area contributed by atoms with Crippen LogP contribution in [-0.2, 0) is 4.74 Å². The van der Waals surface area contributed by atoms with E-state index in [1.54, 1.807) is 0 Å². The molecule has 0 aromatic rings. The summed E-state index contributed by atoms with van der Waals surface area (Å²) >= 11 is 0. The Balaban J connectivity index is 1.69. The highest BCUT2D eigenvalue weighted by Gasteiger charge is 2.29. The summed E-state index contributed by atoms with van der Waals surface area (Å²) in [6.07, 6.45) is 5.90. The summed E-state index contributed by atoms with van der Waals surface area (Å²) in [4.78, 5) is 4.98.